The highest BCUT2D eigenvalue weighted by molar-refractivity contribution is 7.19. The van der Waals surface area contributed by atoms with Gasteiger partial charge in [0.1, 0.15) is 0 Å². The summed E-state index contributed by atoms with van der Waals surface area (Å²) in [5.74, 6) is -0.455. The zero-order chi connectivity index (χ0) is 13.1. The predicted octanol–water partition coefficient (Wildman–Crippen LogP) is 2.74. The van der Waals surface area contributed by atoms with E-state index < -0.39 is 5.97 Å². The van der Waals surface area contributed by atoms with Crippen LogP contribution in [0.2, 0.25) is 0 Å². The Bertz CT molecular complexity index is 578. The van der Waals surface area contributed by atoms with Gasteiger partial charge < -0.3 is 10.5 Å². The number of esters is 1. The highest BCUT2D eigenvalue weighted by Crippen LogP contribution is 2.34. The van der Waals surface area contributed by atoms with Crippen LogP contribution in [0, 0.1) is 0 Å². The summed E-state index contributed by atoms with van der Waals surface area (Å²) in [6.07, 6.45) is 0.884. The first kappa shape index (κ1) is 12.6. The van der Waals surface area contributed by atoms with E-state index in [1.54, 1.807) is 0 Å². The third kappa shape index (κ3) is 2.22. The number of nitrogen functional groups attached to an aromatic ring is 1. The fourth-order valence-electron chi connectivity index (χ4n) is 1.80. The zero-order valence-electron chi connectivity index (χ0n) is 10.3. The number of thiazole rings is 1. The van der Waals surface area contributed by atoms with Crippen LogP contribution in [0.15, 0.2) is 24.3 Å². The number of nitrogens with zero attached hydrogens (tertiary/aromatic N) is 1. The van der Waals surface area contributed by atoms with Crippen molar-refractivity contribution in [3.8, 4) is 10.4 Å². The number of aromatic nitrogens is 1. The second-order valence-electron chi connectivity index (χ2n) is 3.73. The van der Waals surface area contributed by atoms with Crippen LogP contribution in [-0.2, 0) is 11.2 Å². The van der Waals surface area contributed by atoms with Crippen molar-refractivity contribution in [2.24, 2.45) is 0 Å². The molecule has 0 saturated heterocycles. The molecule has 0 fully saturated rings. The molecule has 0 saturated carbocycles. The Balaban J connectivity index is 2.60. The number of methoxy groups -OCH3 is 1. The number of hydrogen-bond donors (Lipinski definition) is 1. The lowest BCUT2D eigenvalue weighted by atomic mass is 10.0. The van der Waals surface area contributed by atoms with E-state index in [0.717, 1.165) is 22.4 Å². The zero-order valence-corrected chi connectivity index (χ0v) is 11.1. The number of hydrogen-bond acceptors (Lipinski definition) is 5. The Morgan fingerprint density at radius 3 is 2.83 bits per heavy atom. The first-order valence-corrected chi connectivity index (χ1v) is 6.42. The SMILES string of the molecule is CCc1ccccc1-c1sc(N)nc1C(=O)OC. The third-order valence-electron chi connectivity index (χ3n) is 2.67. The Labute approximate surface area is 109 Å². The molecule has 0 amide bonds. The molecule has 1 heterocycles. The summed E-state index contributed by atoms with van der Waals surface area (Å²) >= 11 is 1.31. The van der Waals surface area contributed by atoms with E-state index >= 15 is 0 Å². The average molecular weight is 262 g/mol. The number of carbonyl (C=O) groups is 1. The van der Waals surface area contributed by atoms with Gasteiger partial charge in [-0.15, -0.1) is 0 Å². The van der Waals surface area contributed by atoms with Crippen LogP contribution in [0.4, 0.5) is 5.13 Å². The van der Waals surface area contributed by atoms with Gasteiger partial charge in [0.25, 0.3) is 0 Å². The highest BCUT2D eigenvalue weighted by atomic mass is 32.1. The molecule has 0 unspecified atom stereocenters. The number of ether oxygens (including phenoxy) is 1. The third-order valence-corrected chi connectivity index (χ3v) is 3.58. The Morgan fingerprint density at radius 2 is 2.17 bits per heavy atom. The van der Waals surface area contributed by atoms with Gasteiger partial charge >= 0.3 is 5.97 Å². The summed E-state index contributed by atoms with van der Waals surface area (Å²) < 4.78 is 4.73. The van der Waals surface area contributed by atoms with Gasteiger partial charge in [0, 0.05) is 0 Å². The molecule has 0 aliphatic rings. The molecule has 18 heavy (non-hydrogen) atoms. The van der Waals surface area contributed by atoms with E-state index in [0.29, 0.717) is 10.8 Å². The molecule has 0 atom stereocenters. The lowest BCUT2D eigenvalue weighted by Crippen LogP contribution is -2.04. The van der Waals surface area contributed by atoms with Gasteiger partial charge in [-0.25, -0.2) is 9.78 Å². The number of nitrogens with two attached hydrogens (primary N) is 1. The first-order chi connectivity index (χ1) is 8.67. The normalized spacial score (nSPS) is 10.3. The Hall–Kier alpha value is -1.88. The summed E-state index contributed by atoms with van der Waals surface area (Å²) in [7, 11) is 1.34. The molecule has 0 aliphatic heterocycles. The van der Waals surface area contributed by atoms with Crippen molar-refractivity contribution in [2.75, 3.05) is 12.8 Å². The maximum atomic E-state index is 11.7. The van der Waals surface area contributed by atoms with E-state index in [9.17, 15) is 4.79 Å². The molecule has 0 bridgehead atoms. The van der Waals surface area contributed by atoms with Crippen molar-refractivity contribution in [3.63, 3.8) is 0 Å². The summed E-state index contributed by atoms with van der Waals surface area (Å²) in [4.78, 5) is 16.5. The lowest BCUT2D eigenvalue weighted by molar-refractivity contribution is 0.0596. The van der Waals surface area contributed by atoms with Gasteiger partial charge in [-0.1, -0.05) is 42.5 Å². The maximum Gasteiger partial charge on any atom is 0.358 e. The largest absolute Gasteiger partial charge is 0.464 e. The molecular weight excluding hydrogens is 248 g/mol. The summed E-state index contributed by atoms with van der Waals surface area (Å²) in [5, 5.41) is 0.372. The van der Waals surface area contributed by atoms with Crippen molar-refractivity contribution >= 4 is 22.4 Å². The number of aryl methyl sites for hydroxylation is 1. The molecule has 1 aromatic heterocycles. The maximum absolute atomic E-state index is 11.7. The van der Waals surface area contributed by atoms with Gasteiger partial charge in [0.15, 0.2) is 10.8 Å². The number of benzene rings is 1. The molecule has 5 heteroatoms. The van der Waals surface area contributed by atoms with E-state index in [4.69, 9.17) is 10.5 Å². The lowest BCUT2D eigenvalue weighted by Gasteiger charge is -2.06. The van der Waals surface area contributed by atoms with Crippen LogP contribution >= 0.6 is 11.3 Å². The molecule has 4 nitrogen and oxygen atoms in total. The number of rotatable bonds is 3. The molecule has 2 aromatic rings. The molecular formula is C13H14N2O2S. The summed E-state index contributed by atoms with van der Waals surface area (Å²) in [6.45, 7) is 2.07. The fraction of sp³-hybridized carbons (Fsp3) is 0.231. The number of carbonyl (C=O) groups excluding carboxylic acids is 1. The van der Waals surface area contributed by atoms with Crippen LogP contribution in [0.25, 0.3) is 10.4 Å². The van der Waals surface area contributed by atoms with Gasteiger partial charge in [-0.3, -0.25) is 0 Å². The van der Waals surface area contributed by atoms with Crippen LogP contribution in [0.5, 0.6) is 0 Å². The van der Waals surface area contributed by atoms with Crippen LogP contribution < -0.4 is 5.73 Å². The molecule has 94 valence electrons. The van der Waals surface area contributed by atoms with Gasteiger partial charge in [-0.2, -0.15) is 0 Å². The van der Waals surface area contributed by atoms with E-state index in [1.165, 1.54) is 18.4 Å². The minimum atomic E-state index is -0.455. The molecule has 1 aromatic carbocycles. The van der Waals surface area contributed by atoms with Crippen LogP contribution in [-0.4, -0.2) is 18.1 Å². The van der Waals surface area contributed by atoms with E-state index in [2.05, 4.69) is 11.9 Å². The van der Waals surface area contributed by atoms with Crippen LogP contribution in [0.3, 0.4) is 0 Å². The van der Waals surface area contributed by atoms with E-state index in [-0.39, 0.29) is 0 Å². The topological polar surface area (TPSA) is 65.2 Å². The molecule has 0 spiro atoms. The van der Waals surface area contributed by atoms with Gasteiger partial charge in [0.05, 0.1) is 12.0 Å². The van der Waals surface area contributed by atoms with Crippen molar-refractivity contribution < 1.29 is 9.53 Å². The fourth-order valence-corrected chi connectivity index (χ4v) is 2.69. The van der Waals surface area contributed by atoms with Crippen molar-refractivity contribution in [1.29, 1.82) is 0 Å². The van der Waals surface area contributed by atoms with Gasteiger partial charge in [0.2, 0.25) is 0 Å². The Kier molecular flexibility index (Phi) is 3.62. The highest BCUT2D eigenvalue weighted by Gasteiger charge is 2.20. The minimum Gasteiger partial charge on any atom is -0.464 e. The second-order valence-corrected chi connectivity index (χ2v) is 4.76. The standard InChI is InChI=1S/C13H14N2O2S/c1-3-8-6-4-5-7-9(8)11-10(12(16)17-2)15-13(14)18-11/h4-7H,3H2,1-2H3,(H2,14,15). The molecule has 0 radical (unpaired) electrons. The smallest absolute Gasteiger partial charge is 0.358 e. The van der Waals surface area contributed by atoms with Crippen molar-refractivity contribution in [1.82, 2.24) is 4.98 Å². The van der Waals surface area contributed by atoms with Crippen molar-refractivity contribution in [3.05, 3.63) is 35.5 Å². The van der Waals surface area contributed by atoms with Gasteiger partial charge in [-0.05, 0) is 17.5 Å². The number of anilines is 1. The summed E-state index contributed by atoms with van der Waals surface area (Å²) in [6, 6.07) is 7.92. The Morgan fingerprint density at radius 1 is 1.44 bits per heavy atom. The second kappa shape index (κ2) is 5.18. The molecule has 2 rings (SSSR count). The quantitative estimate of drug-likeness (QED) is 0.864. The predicted molar refractivity (Wildman–Crippen MR) is 72.7 cm³/mol. The monoisotopic (exact) mass is 262 g/mol. The van der Waals surface area contributed by atoms with E-state index in [1.807, 2.05) is 24.3 Å². The van der Waals surface area contributed by atoms with Crippen LogP contribution in [0.1, 0.15) is 23.0 Å². The first-order valence-electron chi connectivity index (χ1n) is 5.60. The molecule has 0 aliphatic carbocycles. The summed E-state index contributed by atoms with van der Waals surface area (Å²) in [5.41, 5.74) is 8.15. The van der Waals surface area contributed by atoms with Crippen molar-refractivity contribution in [2.45, 2.75) is 13.3 Å². The minimum absolute atomic E-state index is 0.293. The average Bonchev–Trinajstić information content (AvgIpc) is 2.79. The molecule has 2 N–H and O–H groups in total.